The predicted octanol–water partition coefficient (Wildman–Crippen LogP) is 5.41. The van der Waals surface area contributed by atoms with Gasteiger partial charge in [0.1, 0.15) is 16.6 Å². The lowest BCUT2D eigenvalue weighted by molar-refractivity contribution is 0.296. The molecule has 0 aliphatic carbocycles. The Kier molecular flexibility index (Phi) is 6.46. The van der Waals surface area contributed by atoms with Crippen LogP contribution in [0.3, 0.4) is 0 Å². The van der Waals surface area contributed by atoms with Crippen LogP contribution in [0.1, 0.15) is 23.9 Å². The van der Waals surface area contributed by atoms with Crippen LogP contribution in [-0.2, 0) is 6.42 Å². The number of thiazole rings is 1. The number of aliphatic hydroxyl groups is 1. The Morgan fingerprint density at radius 3 is 2.59 bits per heavy atom. The zero-order valence-electron chi connectivity index (χ0n) is 18.5. The first-order valence-corrected chi connectivity index (χ1v) is 11.4. The van der Waals surface area contributed by atoms with Crippen LogP contribution in [0.25, 0.3) is 16.8 Å². The van der Waals surface area contributed by atoms with Gasteiger partial charge in [-0.25, -0.2) is 4.98 Å². The number of nitrogens with one attached hydrogen (secondary N) is 1. The van der Waals surface area contributed by atoms with E-state index >= 15 is 0 Å². The highest BCUT2D eigenvalue weighted by Crippen LogP contribution is 2.36. The second kappa shape index (κ2) is 9.44. The Labute approximate surface area is 192 Å². The van der Waals surface area contributed by atoms with Gasteiger partial charge in [0.15, 0.2) is 11.5 Å². The number of ether oxygens (including phenoxy) is 2. The van der Waals surface area contributed by atoms with E-state index < -0.39 is 0 Å². The van der Waals surface area contributed by atoms with Crippen molar-refractivity contribution in [3.8, 4) is 22.8 Å². The van der Waals surface area contributed by atoms with Gasteiger partial charge in [0, 0.05) is 17.0 Å². The summed E-state index contributed by atoms with van der Waals surface area (Å²) >= 11 is 1.43. The quantitative estimate of drug-likeness (QED) is 0.481. The van der Waals surface area contributed by atoms with Crippen LogP contribution in [-0.4, -0.2) is 47.6 Å². The first kappa shape index (κ1) is 21.9. The first-order chi connectivity index (χ1) is 15.5. The zero-order chi connectivity index (χ0) is 22.7. The van der Waals surface area contributed by atoms with Crippen LogP contribution >= 0.6 is 11.3 Å². The Morgan fingerprint density at radius 1 is 1.12 bits per heavy atom. The number of aryl methyl sites for hydroxylation is 1. The van der Waals surface area contributed by atoms with Crippen molar-refractivity contribution in [3.63, 3.8) is 0 Å². The van der Waals surface area contributed by atoms with Crippen LogP contribution in [0.15, 0.2) is 59.7 Å². The maximum Gasteiger partial charge on any atom is 0.161 e. The Hall–Kier alpha value is -3.32. The molecule has 2 heterocycles. The molecule has 1 aromatic heterocycles. The van der Waals surface area contributed by atoms with Gasteiger partial charge in [-0.3, -0.25) is 5.41 Å². The maximum atomic E-state index is 10.7. The van der Waals surface area contributed by atoms with E-state index in [1.807, 2.05) is 46.7 Å². The molecular formula is C25H27N3O3S. The first-order valence-electron chi connectivity index (χ1n) is 10.5. The fourth-order valence-electron chi connectivity index (χ4n) is 3.89. The summed E-state index contributed by atoms with van der Waals surface area (Å²) in [5.74, 6) is 1.82. The van der Waals surface area contributed by atoms with Crippen LogP contribution in [0, 0.1) is 5.41 Å². The SMILES string of the molecule is COc1ccc(-c2csc(C3=C(O)CN([C@H](C)CCc4ccccc4)C3=N)n2)cc1OC. The minimum absolute atomic E-state index is 0.132. The van der Waals surface area contributed by atoms with E-state index in [0.717, 1.165) is 24.1 Å². The molecule has 7 heteroatoms. The predicted molar refractivity (Wildman–Crippen MR) is 129 cm³/mol. The minimum Gasteiger partial charge on any atom is -0.510 e. The third-order valence-corrected chi connectivity index (χ3v) is 6.62. The largest absolute Gasteiger partial charge is 0.510 e. The highest BCUT2D eigenvalue weighted by atomic mass is 32.1. The summed E-state index contributed by atoms with van der Waals surface area (Å²) in [6.45, 7) is 2.44. The molecular weight excluding hydrogens is 422 g/mol. The van der Waals surface area contributed by atoms with Gasteiger partial charge in [0.25, 0.3) is 0 Å². The molecule has 0 radical (unpaired) electrons. The second-order valence-electron chi connectivity index (χ2n) is 7.78. The molecule has 4 rings (SSSR count). The maximum absolute atomic E-state index is 10.7. The van der Waals surface area contributed by atoms with Crippen molar-refractivity contribution in [3.05, 3.63) is 70.2 Å². The molecule has 0 bridgehead atoms. The molecule has 2 aromatic carbocycles. The summed E-state index contributed by atoms with van der Waals surface area (Å²) < 4.78 is 10.7. The van der Waals surface area contributed by atoms with Gasteiger partial charge < -0.3 is 19.5 Å². The fourth-order valence-corrected chi connectivity index (χ4v) is 4.79. The van der Waals surface area contributed by atoms with Crippen LogP contribution in [0.5, 0.6) is 11.5 Å². The van der Waals surface area contributed by atoms with Crippen LogP contribution in [0.4, 0.5) is 0 Å². The van der Waals surface area contributed by atoms with Gasteiger partial charge in [-0.15, -0.1) is 11.3 Å². The summed E-state index contributed by atoms with van der Waals surface area (Å²) in [6.07, 6.45) is 1.84. The Balaban J connectivity index is 1.49. The summed E-state index contributed by atoms with van der Waals surface area (Å²) in [4.78, 5) is 6.67. The molecule has 0 saturated heterocycles. The molecule has 0 unspecified atom stereocenters. The molecule has 0 saturated carbocycles. The van der Waals surface area contributed by atoms with Crippen molar-refractivity contribution in [2.24, 2.45) is 0 Å². The van der Waals surface area contributed by atoms with Crippen molar-refractivity contribution in [2.45, 2.75) is 25.8 Å². The molecule has 1 atom stereocenters. The van der Waals surface area contributed by atoms with E-state index in [1.165, 1.54) is 16.9 Å². The fraction of sp³-hybridized carbons (Fsp3) is 0.280. The number of hydrogen-bond acceptors (Lipinski definition) is 6. The molecule has 3 aromatic rings. The highest BCUT2D eigenvalue weighted by molar-refractivity contribution is 7.11. The van der Waals surface area contributed by atoms with E-state index in [9.17, 15) is 5.11 Å². The number of methoxy groups -OCH3 is 2. The van der Waals surface area contributed by atoms with E-state index in [-0.39, 0.29) is 11.8 Å². The molecule has 1 aliphatic rings. The molecule has 6 nitrogen and oxygen atoms in total. The number of benzene rings is 2. The van der Waals surface area contributed by atoms with Gasteiger partial charge in [0.2, 0.25) is 0 Å². The van der Waals surface area contributed by atoms with Crippen molar-refractivity contribution in [2.75, 3.05) is 20.8 Å². The van der Waals surface area contributed by atoms with Crippen molar-refractivity contribution in [1.29, 1.82) is 5.41 Å². The number of rotatable bonds is 8. The lowest BCUT2D eigenvalue weighted by Gasteiger charge is -2.26. The number of nitrogens with zero attached hydrogens (tertiary/aromatic N) is 2. The molecule has 0 amide bonds. The third-order valence-electron chi connectivity index (χ3n) is 5.76. The van der Waals surface area contributed by atoms with Crippen LogP contribution < -0.4 is 9.47 Å². The summed E-state index contributed by atoms with van der Waals surface area (Å²) in [6, 6.07) is 16.1. The molecule has 0 spiro atoms. The number of amidine groups is 1. The van der Waals surface area contributed by atoms with Gasteiger partial charge in [0.05, 0.1) is 32.0 Å². The molecule has 0 fully saturated rings. The lowest BCUT2D eigenvalue weighted by Crippen LogP contribution is -2.35. The van der Waals surface area contributed by atoms with Crippen LogP contribution in [0.2, 0.25) is 0 Å². The zero-order valence-corrected chi connectivity index (χ0v) is 19.3. The normalized spacial score (nSPS) is 14.7. The van der Waals surface area contributed by atoms with Gasteiger partial charge in [-0.1, -0.05) is 30.3 Å². The average Bonchev–Trinajstić information content (AvgIpc) is 3.41. The van der Waals surface area contributed by atoms with E-state index in [0.29, 0.717) is 34.5 Å². The number of aromatic nitrogens is 1. The topological polar surface area (TPSA) is 78.7 Å². The molecule has 32 heavy (non-hydrogen) atoms. The summed E-state index contributed by atoms with van der Waals surface area (Å²) in [5, 5.41) is 22.0. The lowest BCUT2D eigenvalue weighted by atomic mass is 10.1. The molecule has 2 N–H and O–H groups in total. The van der Waals surface area contributed by atoms with Gasteiger partial charge in [-0.05, 0) is 43.5 Å². The highest BCUT2D eigenvalue weighted by Gasteiger charge is 2.32. The average molecular weight is 450 g/mol. The van der Waals surface area contributed by atoms with Crippen molar-refractivity contribution in [1.82, 2.24) is 9.88 Å². The standard InChI is InChI=1S/C25H27N3O3S/c1-16(9-10-17-7-5-4-6-8-17)28-14-20(29)23(24(28)26)25-27-19(15-32-25)18-11-12-21(30-2)22(13-18)31-3/h4-8,11-13,15-16,26,29H,9-10,14H2,1-3H3/t16-/m1/s1. The van der Waals surface area contributed by atoms with Crippen molar-refractivity contribution < 1.29 is 14.6 Å². The van der Waals surface area contributed by atoms with E-state index in [4.69, 9.17) is 19.9 Å². The minimum atomic E-state index is 0.132. The number of hydrogen-bond donors (Lipinski definition) is 2. The molecule has 166 valence electrons. The van der Waals surface area contributed by atoms with Gasteiger partial charge in [-0.2, -0.15) is 0 Å². The summed E-state index contributed by atoms with van der Waals surface area (Å²) in [7, 11) is 3.20. The van der Waals surface area contributed by atoms with E-state index in [1.54, 1.807) is 14.2 Å². The Morgan fingerprint density at radius 2 is 1.88 bits per heavy atom. The van der Waals surface area contributed by atoms with Crippen molar-refractivity contribution >= 4 is 22.7 Å². The van der Waals surface area contributed by atoms with E-state index in [2.05, 4.69) is 19.1 Å². The third kappa shape index (κ3) is 4.34. The Bertz CT molecular complexity index is 1140. The second-order valence-corrected chi connectivity index (χ2v) is 8.64. The van der Waals surface area contributed by atoms with Gasteiger partial charge >= 0.3 is 0 Å². The smallest absolute Gasteiger partial charge is 0.161 e. The number of aliphatic hydroxyl groups excluding tert-OH is 1. The summed E-state index contributed by atoms with van der Waals surface area (Å²) in [5.41, 5.74) is 3.47. The molecule has 1 aliphatic heterocycles. The monoisotopic (exact) mass is 449 g/mol.